The van der Waals surface area contributed by atoms with E-state index in [4.69, 9.17) is 0 Å². The van der Waals surface area contributed by atoms with Gasteiger partial charge in [0.15, 0.2) is 0 Å². The van der Waals surface area contributed by atoms with Crippen molar-refractivity contribution in [1.82, 2.24) is 15.5 Å². The molecule has 0 spiro atoms. The van der Waals surface area contributed by atoms with Crippen LogP contribution in [-0.4, -0.2) is 35.6 Å². The molecule has 6 heteroatoms. The van der Waals surface area contributed by atoms with Crippen LogP contribution in [0.2, 0.25) is 0 Å². The van der Waals surface area contributed by atoms with Crippen LogP contribution in [0, 0.1) is 0 Å². The number of aromatic amines is 1. The predicted octanol–water partition coefficient (Wildman–Crippen LogP) is 3.45. The zero-order valence-electron chi connectivity index (χ0n) is 15.0. The smallest absolute Gasteiger partial charge is 0.272 e. The number of nitrogens with zero attached hydrogens (tertiary/aromatic N) is 1. The van der Waals surface area contributed by atoms with E-state index in [0.717, 1.165) is 35.1 Å². The SMILES string of the molecule is C=C/C=C(\C=C(/C)P1(=O)CCNCC1)Cc1n[nH]c(=O)c2ccccc12. The maximum atomic E-state index is 13.2. The maximum absolute atomic E-state index is 13.2. The Bertz CT molecular complexity index is 978. The summed E-state index contributed by atoms with van der Waals surface area (Å²) >= 11 is 0. The number of hydrogen-bond acceptors (Lipinski definition) is 4. The number of fused-ring (bicyclic) bond motifs is 1. The lowest BCUT2D eigenvalue weighted by atomic mass is 10.0. The normalized spacial score (nSPS) is 18.0. The van der Waals surface area contributed by atoms with Gasteiger partial charge in [-0.1, -0.05) is 43.0 Å². The van der Waals surface area contributed by atoms with Gasteiger partial charge in [0, 0.05) is 37.2 Å². The lowest BCUT2D eigenvalue weighted by Crippen LogP contribution is -2.28. The Hall–Kier alpha value is -2.23. The molecule has 5 nitrogen and oxygen atoms in total. The Labute approximate surface area is 153 Å². The first-order valence-corrected chi connectivity index (χ1v) is 10.9. The molecule has 136 valence electrons. The van der Waals surface area contributed by atoms with Gasteiger partial charge in [-0.25, -0.2) is 5.10 Å². The van der Waals surface area contributed by atoms with Crippen molar-refractivity contribution >= 4 is 17.9 Å². The van der Waals surface area contributed by atoms with E-state index in [1.807, 2.05) is 37.3 Å². The number of aromatic nitrogens is 2. The van der Waals surface area contributed by atoms with Crippen LogP contribution in [0.5, 0.6) is 0 Å². The minimum absolute atomic E-state index is 0.190. The second-order valence-corrected chi connectivity index (χ2v) is 9.95. The predicted molar refractivity (Wildman–Crippen MR) is 108 cm³/mol. The molecule has 0 saturated carbocycles. The summed E-state index contributed by atoms with van der Waals surface area (Å²) in [4.78, 5) is 12.0. The highest BCUT2D eigenvalue weighted by molar-refractivity contribution is 7.68. The van der Waals surface area contributed by atoms with Crippen molar-refractivity contribution in [3.8, 4) is 0 Å². The summed E-state index contributed by atoms with van der Waals surface area (Å²) in [6.45, 7) is 7.35. The molecule has 1 aromatic carbocycles. The van der Waals surface area contributed by atoms with Gasteiger partial charge in [0.05, 0.1) is 11.1 Å². The van der Waals surface area contributed by atoms with Crippen molar-refractivity contribution in [2.45, 2.75) is 13.3 Å². The van der Waals surface area contributed by atoms with Crippen molar-refractivity contribution in [2.24, 2.45) is 0 Å². The van der Waals surface area contributed by atoms with Crippen LogP contribution in [0.4, 0.5) is 0 Å². The number of benzene rings is 1. The molecule has 1 fully saturated rings. The van der Waals surface area contributed by atoms with E-state index in [0.29, 0.717) is 24.1 Å². The van der Waals surface area contributed by atoms with Crippen molar-refractivity contribution in [1.29, 1.82) is 0 Å². The molecule has 0 radical (unpaired) electrons. The highest BCUT2D eigenvalue weighted by atomic mass is 31.2. The molecule has 0 atom stereocenters. The van der Waals surface area contributed by atoms with Crippen molar-refractivity contribution in [3.63, 3.8) is 0 Å². The van der Waals surface area contributed by atoms with E-state index in [1.165, 1.54) is 0 Å². The largest absolute Gasteiger partial charge is 0.319 e. The van der Waals surface area contributed by atoms with Crippen molar-refractivity contribution in [2.75, 3.05) is 25.4 Å². The van der Waals surface area contributed by atoms with Crippen LogP contribution in [-0.2, 0) is 11.0 Å². The summed E-state index contributed by atoms with van der Waals surface area (Å²) in [6, 6.07) is 7.45. The van der Waals surface area contributed by atoms with Crippen LogP contribution in [0.3, 0.4) is 0 Å². The summed E-state index contributed by atoms with van der Waals surface area (Å²) in [5.41, 5.74) is 1.58. The zero-order valence-corrected chi connectivity index (χ0v) is 15.9. The van der Waals surface area contributed by atoms with Crippen LogP contribution in [0.1, 0.15) is 12.6 Å². The average molecular weight is 369 g/mol. The molecule has 2 N–H and O–H groups in total. The standard InChI is InChI=1S/C20H24N3O2P/c1-3-6-16(13-15(2)26(25)11-9-21-10-12-26)14-19-17-7-4-5-8-18(17)20(24)23-22-19/h3-8,13,21H,1,9-12,14H2,2H3,(H,23,24)/b15-13+,16-6+. The second-order valence-electron chi connectivity index (χ2n) is 6.57. The third-order valence-electron chi connectivity index (χ3n) is 4.82. The van der Waals surface area contributed by atoms with Crippen LogP contribution >= 0.6 is 7.14 Å². The number of rotatable bonds is 5. The molecule has 1 aliphatic rings. The highest BCUT2D eigenvalue weighted by Crippen LogP contribution is 2.54. The summed E-state index contributed by atoms with van der Waals surface area (Å²) in [5.74, 6) is 0. The lowest BCUT2D eigenvalue weighted by molar-refractivity contribution is 0.566. The molecule has 0 bridgehead atoms. The Morgan fingerprint density at radius 3 is 2.65 bits per heavy atom. The summed E-state index contributed by atoms with van der Waals surface area (Å²) < 4.78 is 13.2. The highest BCUT2D eigenvalue weighted by Gasteiger charge is 2.26. The van der Waals surface area contributed by atoms with Crippen molar-refractivity contribution in [3.05, 3.63) is 76.0 Å². The number of H-pyrrole nitrogens is 1. The van der Waals surface area contributed by atoms with Gasteiger partial charge in [0.1, 0.15) is 7.14 Å². The van der Waals surface area contributed by atoms with E-state index in [1.54, 1.807) is 12.1 Å². The Balaban J connectivity index is 1.96. The first-order chi connectivity index (χ1) is 12.5. The summed E-state index contributed by atoms with van der Waals surface area (Å²) in [7, 11) is -2.30. The summed E-state index contributed by atoms with van der Waals surface area (Å²) in [5, 5.41) is 12.5. The molecule has 0 aliphatic carbocycles. The molecule has 2 heterocycles. The molecule has 2 aromatic rings. The average Bonchev–Trinajstić information content (AvgIpc) is 2.65. The zero-order chi connectivity index (χ0) is 18.6. The molecule has 0 unspecified atom stereocenters. The Kier molecular flexibility index (Phi) is 5.70. The minimum Gasteiger partial charge on any atom is -0.319 e. The third kappa shape index (κ3) is 3.95. The number of allylic oxidation sites excluding steroid dienone is 5. The van der Waals surface area contributed by atoms with Gasteiger partial charge >= 0.3 is 0 Å². The van der Waals surface area contributed by atoms with Gasteiger partial charge in [0.25, 0.3) is 5.56 Å². The fraction of sp³-hybridized carbons (Fsp3) is 0.300. The van der Waals surface area contributed by atoms with E-state index in [9.17, 15) is 9.36 Å². The number of nitrogens with one attached hydrogen (secondary N) is 2. The first-order valence-electron chi connectivity index (χ1n) is 8.79. The maximum Gasteiger partial charge on any atom is 0.272 e. The van der Waals surface area contributed by atoms with Gasteiger partial charge in [-0.2, -0.15) is 5.10 Å². The summed E-state index contributed by atoms with van der Waals surface area (Å²) in [6.07, 6.45) is 7.60. The molecular formula is C20H24N3O2P. The Morgan fingerprint density at radius 1 is 1.27 bits per heavy atom. The molecule has 3 rings (SSSR count). The number of hydrogen-bond donors (Lipinski definition) is 2. The van der Waals surface area contributed by atoms with Crippen LogP contribution < -0.4 is 10.9 Å². The molecule has 0 amide bonds. The first kappa shape index (κ1) is 18.6. The lowest BCUT2D eigenvalue weighted by Gasteiger charge is -2.24. The van der Waals surface area contributed by atoms with Crippen molar-refractivity contribution < 1.29 is 4.57 Å². The monoisotopic (exact) mass is 369 g/mol. The second kappa shape index (κ2) is 7.98. The van der Waals surface area contributed by atoms with E-state index >= 15 is 0 Å². The van der Waals surface area contributed by atoms with Crippen LogP contribution in [0.15, 0.2) is 64.8 Å². The fourth-order valence-electron chi connectivity index (χ4n) is 3.30. The third-order valence-corrected chi connectivity index (χ3v) is 8.12. The van der Waals surface area contributed by atoms with Crippen LogP contribution in [0.25, 0.3) is 10.8 Å². The van der Waals surface area contributed by atoms with E-state index < -0.39 is 7.14 Å². The van der Waals surface area contributed by atoms with E-state index in [-0.39, 0.29) is 5.56 Å². The van der Waals surface area contributed by atoms with E-state index in [2.05, 4.69) is 22.1 Å². The minimum atomic E-state index is -2.30. The Morgan fingerprint density at radius 2 is 1.96 bits per heavy atom. The molecule has 26 heavy (non-hydrogen) atoms. The van der Waals surface area contributed by atoms with Gasteiger partial charge in [-0.05, 0) is 23.9 Å². The van der Waals surface area contributed by atoms with Gasteiger partial charge in [-0.15, -0.1) is 0 Å². The van der Waals surface area contributed by atoms with Gasteiger partial charge in [-0.3, -0.25) is 4.79 Å². The topological polar surface area (TPSA) is 74.8 Å². The molecule has 1 aliphatic heterocycles. The van der Waals surface area contributed by atoms with Gasteiger partial charge < -0.3 is 9.88 Å². The molecule has 1 saturated heterocycles. The quantitative estimate of drug-likeness (QED) is 0.625. The molecular weight excluding hydrogens is 345 g/mol. The van der Waals surface area contributed by atoms with Gasteiger partial charge in [0.2, 0.25) is 0 Å². The fourth-order valence-corrected chi connectivity index (χ4v) is 5.67. The molecule has 1 aromatic heterocycles.